The summed E-state index contributed by atoms with van der Waals surface area (Å²) in [5, 5.41) is 10.7. The fourth-order valence-corrected chi connectivity index (χ4v) is 2.70. The van der Waals surface area contributed by atoms with Crippen molar-refractivity contribution in [3.63, 3.8) is 0 Å². The first-order valence-electron chi connectivity index (χ1n) is 6.41. The highest BCUT2D eigenvalue weighted by Crippen LogP contribution is 2.31. The predicted molar refractivity (Wildman–Crippen MR) is 81.5 cm³/mol. The van der Waals surface area contributed by atoms with E-state index in [-0.39, 0.29) is 39.5 Å². The molecule has 0 saturated carbocycles. The molecule has 7 nitrogen and oxygen atoms in total. The number of nitrogens with zero attached hydrogens (tertiary/aromatic N) is 2. The summed E-state index contributed by atoms with van der Waals surface area (Å²) < 4.78 is 28.9. The van der Waals surface area contributed by atoms with E-state index < -0.39 is 23.4 Å². The van der Waals surface area contributed by atoms with Gasteiger partial charge in [0, 0.05) is 19.2 Å². The molecule has 2 aromatic heterocycles. The van der Waals surface area contributed by atoms with Crippen molar-refractivity contribution in [3.8, 4) is 0 Å². The van der Waals surface area contributed by atoms with E-state index >= 15 is 0 Å². The van der Waals surface area contributed by atoms with Gasteiger partial charge >= 0.3 is 11.8 Å². The van der Waals surface area contributed by atoms with E-state index in [4.69, 9.17) is 5.11 Å². The molecule has 0 aliphatic heterocycles. The minimum Gasteiger partial charge on any atom is -0.465 e. The number of amides is 1. The second-order valence-corrected chi connectivity index (χ2v) is 5.51. The molecule has 23 heavy (non-hydrogen) atoms. The fourth-order valence-electron chi connectivity index (χ4n) is 2.38. The van der Waals surface area contributed by atoms with E-state index in [1.54, 1.807) is 0 Å². The molecule has 3 N–H and O–H groups in total. The molecule has 3 aromatic rings. The minimum absolute atomic E-state index is 0.0152. The van der Waals surface area contributed by atoms with Gasteiger partial charge in [-0.15, -0.1) is 0 Å². The number of hydrogen-bond donors (Lipinski definition) is 3. The number of aromatic amines is 1. The maximum Gasteiger partial charge on any atom is 0.404 e. The molecule has 0 radical (unpaired) electrons. The maximum atomic E-state index is 14.5. The molecule has 0 atom stereocenters. The van der Waals surface area contributed by atoms with E-state index in [1.165, 1.54) is 10.8 Å². The van der Waals surface area contributed by atoms with Crippen LogP contribution >= 0.6 is 15.9 Å². The zero-order chi connectivity index (χ0) is 16.7. The average molecular weight is 387 g/mol. The van der Waals surface area contributed by atoms with Gasteiger partial charge in [0.15, 0.2) is 5.82 Å². The fraction of sp³-hybridized carbons (Fsp3) is 0.154. The number of rotatable bonds is 3. The zero-order valence-electron chi connectivity index (χ0n) is 11.4. The summed E-state index contributed by atoms with van der Waals surface area (Å²) in [4.78, 5) is 29.0. The standard InChI is InChI=1S/C13H9BrF2N4O3/c14-9-5(15)3-6-8(10(9)16)11-7(4-18-6)19-12(21)20(11)2-1-17-13(22)23/h3-4,17H,1-2H2,(H,19,21)(H,22,23). The molecule has 2 heterocycles. The molecule has 1 aromatic carbocycles. The topological polar surface area (TPSA) is 100 Å². The third kappa shape index (κ3) is 2.54. The summed E-state index contributed by atoms with van der Waals surface area (Å²) in [6.07, 6.45) is 0.0629. The largest absolute Gasteiger partial charge is 0.465 e. The first kappa shape index (κ1) is 15.4. The smallest absolute Gasteiger partial charge is 0.404 e. The van der Waals surface area contributed by atoms with Crippen molar-refractivity contribution in [1.82, 2.24) is 19.9 Å². The summed E-state index contributed by atoms with van der Waals surface area (Å²) >= 11 is 2.82. The molecule has 0 spiro atoms. The van der Waals surface area contributed by atoms with E-state index in [9.17, 15) is 18.4 Å². The zero-order valence-corrected chi connectivity index (χ0v) is 12.9. The van der Waals surface area contributed by atoms with Crippen molar-refractivity contribution in [2.45, 2.75) is 6.54 Å². The van der Waals surface area contributed by atoms with Crippen molar-refractivity contribution in [2.75, 3.05) is 6.54 Å². The number of nitrogens with one attached hydrogen (secondary N) is 2. The average Bonchev–Trinajstić information content (AvgIpc) is 2.80. The van der Waals surface area contributed by atoms with E-state index in [2.05, 4.69) is 31.2 Å². The highest BCUT2D eigenvalue weighted by atomic mass is 79.9. The van der Waals surface area contributed by atoms with E-state index in [0.29, 0.717) is 0 Å². The van der Waals surface area contributed by atoms with E-state index in [0.717, 1.165) is 6.07 Å². The quantitative estimate of drug-likeness (QED) is 0.600. The monoisotopic (exact) mass is 386 g/mol. The van der Waals surface area contributed by atoms with Gasteiger partial charge in [0.2, 0.25) is 0 Å². The van der Waals surface area contributed by atoms with Crippen LogP contribution < -0.4 is 11.0 Å². The normalized spacial score (nSPS) is 11.3. The first-order valence-corrected chi connectivity index (χ1v) is 7.21. The highest BCUT2D eigenvalue weighted by Gasteiger charge is 2.19. The number of imidazole rings is 1. The van der Waals surface area contributed by atoms with Gasteiger partial charge in [-0.25, -0.2) is 18.4 Å². The van der Waals surface area contributed by atoms with Gasteiger partial charge in [-0.05, 0) is 15.9 Å². The van der Waals surface area contributed by atoms with Crippen LogP contribution in [0.2, 0.25) is 0 Å². The molecule has 0 saturated heterocycles. The molecule has 0 aliphatic rings. The van der Waals surface area contributed by atoms with Gasteiger partial charge in [0.05, 0.1) is 32.6 Å². The van der Waals surface area contributed by atoms with Crippen molar-refractivity contribution in [3.05, 3.63) is 38.9 Å². The molecule has 3 rings (SSSR count). The summed E-state index contributed by atoms with van der Waals surface area (Å²) in [6.45, 7) is -0.0608. The Hall–Kier alpha value is -2.49. The van der Waals surface area contributed by atoms with Crippen LogP contribution in [0.4, 0.5) is 13.6 Å². The minimum atomic E-state index is -1.24. The lowest BCUT2D eigenvalue weighted by Gasteiger charge is -2.08. The predicted octanol–water partition coefficient (Wildman–Crippen LogP) is 2.19. The Kier molecular flexibility index (Phi) is 3.76. The maximum absolute atomic E-state index is 14.5. The summed E-state index contributed by atoms with van der Waals surface area (Å²) in [6, 6.07) is 1.05. The van der Waals surface area contributed by atoms with Crippen LogP contribution in [0.1, 0.15) is 0 Å². The lowest BCUT2D eigenvalue weighted by atomic mass is 10.1. The van der Waals surface area contributed by atoms with Gasteiger partial charge in [0.1, 0.15) is 5.82 Å². The number of fused-ring (bicyclic) bond motifs is 3. The van der Waals surface area contributed by atoms with Crippen LogP contribution in [0.3, 0.4) is 0 Å². The number of halogens is 3. The molecule has 0 bridgehead atoms. The van der Waals surface area contributed by atoms with Crippen LogP contribution in [0.25, 0.3) is 21.9 Å². The molecular weight excluding hydrogens is 378 g/mol. The molecule has 1 amide bonds. The Bertz CT molecular complexity index is 998. The number of hydrogen-bond acceptors (Lipinski definition) is 3. The summed E-state index contributed by atoms with van der Waals surface area (Å²) in [5.74, 6) is -1.68. The number of carboxylic acid groups (broad SMARTS) is 1. The SMILES string of the molecule is O=C(O)NCCn1c(=O)[nH]c2cnc3cc(F)c(Br)c(F)c3c21. The Morgan fingerprint density at radius 2 is 2.22 bits per heavy atom. The van der Waals surface area contributed by atoms with Crippen molar-refractivity contribution in [2.24, 2.45) is 0 Å². The van der Waals surface area contributed by atoms with Crippen LogP contribution in [-0.2, 0) is 6.54 Å². The van der Waals surface area contributed by atoms with Gasteiger partial charge in [-0.3, -0.25) is 9.55 Å². The lowest BCUT2D eigenvalue weighted by Crippen LogP contribution is -2.28. The van der Waals surface area contributed by atoms with Crippen molar-refractivity contribution in [1.29, 1.82) is 0 Å². The molecule has 10 heteroatoms. The number of carbonyl (C=O) groups is 1. The second kappa shape index (κ2) is 5.61. The summed E-state index contributed by atoms with van der Waals surface area (Å²) in [7, 11) is 0. The van der Waals surface area contributed by atoms with Crippen molar-refractivity contribution >= 4 is 44.0 Å². The first-order chi connectivity index (χ1) is 10.9. The van der Waals surface area contributed by atoms with Crippen LogP contribution in [-0.4, -0.2) is 32.3 Å². The molecule has 120 valence electrons. The van der Waals surface area contributed by atoms with E-state index in [1.807, 2.05) is 0 Å². The van der Waals surface area contributed by atoms with Gasteiger partial charge < -0.3 is 15.4 Å². The van der Waals surface area contributed by atoms with Gasteiger partial charge in [0.25, 0.3) is 0 Å². The molecule has 0 unspecified atom stereocenters. The highest BCUT2D eigenvalue weighted by molar-refractivity contribution is 9.10. The Morgan fingerprint density at radius 1 is 1.48 bits per heavy atom. The van der Waals surface area contributed by atoms with Crippen LogP contribution in [0, 0.1) is 11.6 Å². The third-order valence-electron chi connectivity index (χ3n) is 3.33. The number of benzene rings is 1. The Morgan fingerprint density at radius 3 is 2.91 bits per heavy atom. The molecular formula is C13H9BrF2N4O3. The van der Waals surface area contributed by atoms with Crippen LogP contribution in [0.15, 0.2) is 21.5 Å². The number of pyridine rings is 1. The van der Waals surface area contributed by atoms with Crippen molar-refractivity contribution < 1.29 is 18.7 Å². The summed E-state index contributed by atoms with van der Waals surface area (Å²) in [5.41, 5.74) is -0.0170. The number of aromatic nitrogens is 3. The number of H-pyrrole nitrogens is 1. The third-order valence-corrected chi connectivity index (χ3v) is 4.06. The lowest BCUT2D eigenvalue weighted by molar-refractivity contribution is 0.194. The van der Waals surface area contributed by atoms with Crippen LogP contribution in [0.5, 0.6) is 0 Å². The molecule has 0 aliphatic carbocycles. The Labute approximate surface area is 135 Å². The molecule has 0 fully saturated rings. The Balaban J connectivity index is 2.28. The van der Waals surface area contributed by atoms with Gasteiger partial charge in [-0.2, -0.15) is 0 Å². The second-order valence-electron chi connectivity index (χ2n) is 4.71. The van der Waals surface area contributed by atoms with Gasteiger partial charge in [-0.1, -0.05) is 0 Å².